The summed E-state index contributed by atoms with van der Waals surface area (Å²) in [5, 5.41) is 66.8. The highest BCUT2D eigenvalue weighted by Crippen LogP contribution is 2.04. The van der Waals surface area contributed by atoms with Gasteiger partial charge in [0.05, 0.1) is 6.61 Å². The van der Waals surface area contributed by atoms with Crippen LogP contribution in [0.1, 0.15) is 13.8 Å². The molecule has 0 unspecified atom stereocenters. The van der Waals surface area contributed by atoms with Crippen molar-refractivity contribution in [3.05, 3.63) is 0 Å². The number of rotatable bonds is 5. The number of aliphatic hydroxyl groups is 6. The van der Waals surface area contributed by atoms with E-state index in [0.29, 0.717) is 0 Å². The van der Waals surface area contributed by atoms with Gasteiger partial charge in [0.1, 0.15) is 18.3 Å². The Morgan fingerprint density at radius 2 is 1.25 bits per heavy atom. The van der Waals surface area contributed by atoms with Crippen LogP contribution < -0.4 is 0 Å². The molecule has 0 aliphatic carbocycles. The summed E-state index contributed by atoms with van der Waals surface area (Å²) < 4.78 is 0. The molecule has 0 aromatic rings. The van der Waals surface area contributed by atoms with Crippen LogP contribution in [0.15, 0.2) is 0 Å². The number of aliphatic hydroxyl groups excluding tert-OH is 6. The minimum Gasteiger partial charge on any atom is -0.481 e. The van der Waals surface area contributed by atoms with Crippen molar-refractivity contribution in [2.45, 2.75) is 38.3 Å². The van der Waals surface area contributed by atoms with Crippen molar-refractivity contribution in [3.63, 3.8) is 0 Å². The van der Waals surface area contributed by atoms with E-state index in [1.807, 2.05) is 0 Å². The molecule has 0 amide bonds. The molecular weight excluding hydrogens is 280 g/mol. The standard InChI is InChI=1S/C6H12O7.C2H4O2.C2H6O/c7-1-2(8)3(9)4(10)5(11)6(12)13;1-2(3)4;1-2-3/h2-5,7-11H,1H2,(H,12,13);1H3,(H,3,4);3H,2H2,1H3/t2-,3-,4+,5-;;/m1../s1. The van der Waals surface area contributed by atoms with Gasteiger partial charge in [0.2, 0.25) is 0 Å². The zero-order valence-electron chi connectivity index (χ0n) is 11.1. The van der Waals surface area contributed by atoms with Crippen LogP contribution in [0, 0.1) is 0 Å². The molecule has 0 aliphatic rings. The van der Waals surface area contributed by atoms with E-state index in [2.05, 4.69) is 0 Å². The molecule has 10 nitrogen and oxygen atoms in total. The quantitative estimate of drug-likeness (QED) is 0.253. The molecule has 0 rings (SSSR count). The van der Waals surface area contributed by atoms with Gasteiger partial charge in [-0.25, -0.2) is 4.79 Å². The summed E-state index contributed by atoms with van der Waals surface area (Å²) in [4.78, 5) is 19.1. The van der Waals surface area contributed by atoms with Gasteiger partial charge in [0, 0.05) is 13.5 Å². The van der Waals surface area contributed by atoms with Crippen LogP contribution in [-0.4, -0.2) is 90.4 Å². The number of carboxylic acid groups (broad SMARTS) is 2. The van der Waals surface area contributed by atoms with Gasteiger partial charge in [0.25, 0.3) is 5.97 Å². The van der Waals surface area contributed by atoms with Crippen molar-refractivity contribution in [1.29, 1.82) is 0 Å². The van der Waals surface area contributed by atoms with Crippen LogP contribution in [0.2, 0.25) is 0 Å². The molecule has 0 bridgehead atoms. The van der Waals surface area contributed by atoms with E-state index in [-0.39, 0.29) is 6.61 Å². The number of aliphatic carboxylic acids is 2. The maximum Gasteiger partial charge on any atom is 0.335 e. The second kappa shape index (κ2) is 14.1. The molecule has 0 heterocycles. The SMILES string of the molecule is CC(=O)O.CCO.O=C(O)[C@H](O)[C@@H](O)[C@H](O)[C@H](O)CO. The van der Waals surface area contributed by atoms with Crippen molar-refractivity contribution >= 4 is 11.9 Å². The fourth-order valence-electron chi connectivity index (χ4n) is 0.668. The van der Waals surface area contributed by atoms with Gasteiger partial charge in [-0.05, 0) is 6.92 Å². The number of hydrogen-bond acceptors (Lipinski definition) is 8. The van der Waals surface area contributed by atoms with Crippen LogP contribution >= 0.6 is 0 Å². The number of carboxylic acids is 2. The molecule has 0 saturated heterocycles. The van der Waals surface area contributed by atoms with Gasteiger partial charge >= 0.3 is 5.97 Å². The Kier molecular flexibility index (Phi) is 16.8. The highest BCUT2D eigenvalue weighted by Gasteiger charge is 2.33. The molecule has 0 radical (unpaired) electrons. The summed E-state index contributed by atoms with van der Waals surface area (Å²) in [7, 11) is 0. The molecule has 8 N–H and O–H groups in total. The van der Waals surface area contributed by atoms with E-state index < -0.39 is 43.0 Å². The molecule has 0 saturated carbocycles. The zero-order chi connectivity index (χ0) is 16.9. The van der Waals surface area contributed by atoms with E-state index >= 15 is 0 Å². The van der Waals surface area contributed by atoms with E-state index in [0.717, 1.165) is 6.92 Å². The first kappa shape index (κ1) is 23.8. The van der Waals surface area contributed by atoms with Crippen LogP contribution in [0.4, 0.5) is 0 Å². The predicted molar refractivity (Wildman–Crippen MR) is 64.8 cm³/mol. The van der Waals surface area contributed by atoms with Crippen LogP contribution in [0.3, 0.4) is 0 Å². The van der Waals surface area contributed by atoms with Crippen LogP contribution in [0.25, 0.3) is 0 Å². The van der Waals surface area contributed by atoms with Gasteiger partial charge in [-0.15, -0.1) is 0 Å². The lowest BCUT2D eigenvalue weighted by atomic mass is 10.0. The summed E-state index contributed by atoms with van der Waals surface area (Å²) in [6.07, 6.45) is -7.84. The molecule has 0 aliphatic heterocycles. The molecule has 0 spiro atoms. The van der Waals surface area contributed by atoms with E-state index in [1.54, 1.807) is 6.92 Å². The fourth-order valence-corrected chi connectivity index (χ4v) is 0.668. The van der Waals surface area contributed by atoms with Gasteiger partial charge in [-0.3, -0.25) is 4.79 Å². The van der Waals surface area contributed by atoms with E-state index in [4.69, 9.17) is 45.6 Å². The van der Waals surface area contributed by atoms with E-state index in [9.17, 15) is 4.79 Å². The van der Waals surface area contributed by atoms with Crippen molar-refractivity contribution in [2.24, 2.45) is 0 Å². The lowest BCUT2D eigenvalue weighted by Gasteiger charge is -2.23. The third-order valence-corrected chi connectivity index (χ3v) is 1.51. The van der Waals surface area contributed by atoms with Gasteiger partial charge < -0.3 is 40.9 Å². The highest BCUT2D eigenvalue weighted by molar-refractivity contribution is 5.72. The van der Waals surface area contributed by atoms with Crippen molar-refractivity contribution in [1.82, 2.24) is 0 Å². The first-order valence-electron chi connectivity index (χ1n) is 5.42. The first-order valence-corrected chi connectivity index (χ1v) is 5.42. The average molecular weight is 302 g/mol. The molecule has 0 aromatic carbocycles. The highest BCUT2D eigenvalue weighted by atomic mass is 16.4. The minimum atomic E-state index is -2.20. The third-order valence-electron chi connectivity index (χ3n) is 1.51. The lowest BCUT2D eigenvalue weighted by molar-refractivity contribution is -0.164. The summed E-state index contributed by atoms with van der Waals surface area (Å²) in [5.74, 6) is -2.56. The summed E-state index contributed by atoms with van der Waals surface area (Å²) >= 11 is 0. The molecule has 0 fully saturated rings. The van der Waals surface area contributed by atoms with Gasteiger partial charge in [-0.1, -0.05) is 0 Å². The van der Waals surface area contributed by atoms with Crippen molar-refractivity contribution < 1.29 is 50.4 Å². The Balaban J connectivity index is -0.000000343. The Morgan fingerprint density at radius 1 is 0.950 bits per heavy atom. The topological polar surface area (TPSA) is 196 Å². The minimum absolute atomic E-state index is 0.250. The Hall–Kier alpha value is -1.30. The van der Waals surface area contributed by atoms with Gasteiger partial charge in [-0.2, -0.15) is 0 Å². The summed E-state index contributed by atoms with van der Waals surface area (Å²) in [5.41, 5.74) is 0. The molecule has 20 heavy (non-hydrogen) atoms. The monoisotopic (exact) mass is 302 g/mol. The second-order valence-electron chi connectivity index (χ2n) is 3.35. The van der Waals surface area contributed by atoms with E-state index in [1.165, 1.54) is 0 Å². The second-order valence-corrected chi connectivity index (χ2v) is 3.35. The third kappa shape index (κ3) is 14.8. The number of carbonyl (C=O) groups is 2. The largest absolute Gasteiger partial charge is 0.481 e. The van der Waals surface area contributed by atoms with Crippen LogP contribution in [0.5, 0.6) is 0 Å². The number of hydrogen-bond donors (Lipinski definition) is 8. The summed E-state index contributed by atoms with van der Waals surface area (Å²) in [6.45, 7) is 2.17. The van der Waals surface area contributed by atoms with Crippen molar-refractivity contribution in [3.8, 4) is 0 Å². The fraction of sp³-hybridized carbons (Fsp3) is 0.800. The molecular formula is C10H22O10. The smallest absolute Gasteiger partial charge is 0.335 e. The normalized spacial score (nSPS) is 15.4. The predicted octanol–water partition coefficient (Wildman–Crippen LogP) is -3.40. The summed E-state index contributed by atoms with van der Waals surface area (Å²) in [6, 6.07) is 0. The average Bonchev–Trinajstić information content (AvgIpc) is 2.35. The molecule has 122 valence electrons. The van der Waals surface area contributed by atoms with Crippen LogP contribution in [-0.2, 0) is 9.59 Å². The maximum atomic E-state index is 10.1. The van der Waals surface area contributed by atoms with Crippen molar-refractivity contribution in [2.75, 3.05) is 13.2 Å². The Labute approximate surface area is 115 Å². The molecule has 4 atom stereocenters. The Morgan fingerprint density at radius 3 is 1.45 bits per heavy atom. The molecule has 10 heteroatoms. The zero-order valence-corrected chi connectivity index (χ0v) is 11.1. The maximum absolute atomic E-state index is 10.1. The molecule has 0 aromatic heterocycles. The first-order chi connectivity index (χ1) is 9.06. The Bertz CT molecular complexity index is 252. The van der Waals surface area contributed by atoms with Gasteiger partial charge in [0.15, 0.2) is 6.10 Å². The lowest BCUT2D eigenvalue weighted by Crippen LogP contribution is -2.48.